The molecule has 1 aromatic heterocycles. The molecule has 10 heteroatoms. The van der Waals surface area contributed by atoms with Crippen LogP contribution in [0.1, 0.15) is 38.8 Å². The van der Waals surface area contributed by atoms with Crippen LogP contribution < -0.4 is 10.2 Å². The van der Waals surface area contributed by atoms with Crippen LogP contribution in [0.4, 0.5) is 4.79 Å². The van der Waals surface area contributed by atoms with Crippen molar-refractivity contribution >= 4 is 23.1 Å². The smallest absolute Gasteiger partial charge is 0.408 e. The first-order valence-corrected chi connectivity index (χ1v) is 10.3. The number of benzene rings is 2. The van der Waals surface area contributed by atoms with Crippen LogP contribution in [0.25, 0.3) is 11.0 Å². The SMILES string of the molecule is COC(=O)[C@](C)(Cc1ccc(O)cc1COn1nnc2ccccc21)NC(=O)OC(C)(C)C. The number of rotatable bonds is 7. The molecule has 176 valence electrons. The summed E-state index contributed by atoms with van der Waals surface area (Å²) in [5.74, 6) is -0.615. The number of carbonyl (C=O) groups is 2. The van der Waals surface area contributed by atoms with E-state index in [1.165, 1.54) is 24.1 Å². The van der Waals surface area contributed by atoms with Crippen molar-refractivity contribution in [2.75, 3.05) is 7.11 Å². The lowest BCUT2D eigenvalue weighted by molar-refractivity contribution is -0.147. The largest absolute Gasteiger partial charge is 0.508 e. The van der Waals surface area contributed by atoms with E-state index >= 15 is 0 Å². The first kappa shape index (κ1) is 23.8. The molecule has 0 fully saturated rings. The molecule has 1 heterocycles. The highest BCUT2D eigenvalue weighted by Gasteiger charge is 2.38. The third kappa shape index (κ3) is 5.91. The summed E-state index contributed by atoms with van der Waals surface area (Å²) in [4.78, 5) is 32.1. The van der Waals surface area contributed by atoms with Crippen LogP contribution in [0.5, 0.6) is 5.75 Å². The number of aromatic nitrogens is 3. The van der Waals surface area contributed by atoms with E-state index in [1.54, 1.807) is 33.8 Å². The summed E-state index contributed by atoms with van der Waals surface area (Å²) >= 11 is 0. The van der Waals surface area contributed by atoms with Gasteiger partial charge in [-0.25, -0.2) is 9.59 Å². The first-order chi connectivity index (χ1) is 15.5. The Balaban J connectivity index is 1.84. The van der Waals surface area contributed by atoms with Gasteiger partial charge in [-0.05, 0) is 68.3 Å². The van der Waals surface area contributed by atoms with E-state index in [0.29, 0.717) is 22.2 Å². The van der Waals surface area contributed by atoms with Gasteiger partial charge < -0.3 is 24.7 Å². The molecule has 2 N–H and O–H groups in total. The number of nitrogens with one attached hydrogen (secondary N) is 1. The number of amides is 1. The van der Waals surface area contributed by atoms with E-state index in [2.05, 4.69) is 15.6 Å². The quantitative estimate of drug-likeness (QED) is 0.520. The van der Waals surface area contributed by atoms with Gasteiger partial charge in [-0.2, -0.15) is 0 Å². The molecule has 0 aliphatic heterocycles. The average molecular weight is 456 g/mol. The molecule has 0 saturated carbocycles. The van der Waals surface area contributed by atoms with Crippen molar-refractivity contribution in [2.45, 2.75) is 51.9 Å². The van der Waals surface area contributed by atoms with Crippen molar-refractivity contribution in [1.29, 1.82) is 0 Å². The average Bonchev–Trinajstić information content (AvgIpc) is 3.15. The number of carbonyl (C=O) groups excluding carboxylic acids is 2. The number of nitrogens with zero attached hydrogens (tertiary/aromatic N) is 3. The number of para-hydroxylation sites is 1. The fourth-order valence-corrected chi connectivity index (χ4v) is 3.30. The summed E-state index contributed by atoms with van der Waals surface area (Å²) in [7, 11) is 1.24. The predicted molar refractivity (Wildman–Crippen MR) is 119 cm³/mol. The molecule has 1 atom stereocenters. The highest BCUT2D eigenvalue weighted by molar-refractivity contribution is 5.85. The number of hydrogen-bond donors (Lipinski definition) is 2. The van der Waals surface area contributed by atoms with Crippen LogP contribution >= 0.6 is 0 Å². The monoisotopic (exact) mass is 456 g/mol. The van der Waals surface area contributed by atoms with E-state index in [-0.39, 0.29) is 18.8 Å². The predicted octanol–water partition coefficient (Wildman–Crippen LogP) is 2.76. The van der Waals surface area contributed by atoms with Crippen molar-refractivity contribution in [3.8, 4) is 5.75 Å². The number of ether oxygens (including phenoxy) is 2. The zero-order valence-electron chi connectivity index (χ0n) is 19.3. The normalized spacial score (nSPS) is 13.2. The van der Waals surface area contributed by atoms with Crippen LogP contribution in [0.15, 0.2) is 42.5 Å². The van der Waals surface area contributed by atoms with Gasteiger partial charge in [0, 0.05) is 6.42 Å². The van der Waals surface area contributed by atoms with Crippen LogP contribution in [-0.2, 0) is 27.3 Å². The van der Waals surface area contributed by atoms with Crippen molar-refractivity contribution in [3.63, 3.8) is 0 Å². The summed E-state index contributed by atoms with van der Waals surface area (Å²) in [6.45, 7) is 6.76. The van der Waals surface area contributed by atoms with E-state index in [4.69, 9.17) is 14.3 Å². The van der Waals surface area contributed by atoms with Gasteiger partial charge in [-0.15, -0.1) is 5.10 Å². The molecule has 2 aromatic carbocycles. The van der Waals surface area contributed by atoms with Crippen LogP contribution in [-0.4, -0.2) is 50.6 Å². The standard InChI is InChI=1S/C23H28N4O6/c1-22(2,3)33-21(30)24-23(4,20(29)31-5)13-15-10-11-17(28)12-16(15)14-32-27-19-9-7-6-8-18(19)25-26-27/h6-12,28H,13-14H2,1-5H3,(H,24,30)/t23-/m0/s1. The van der Waals surface area contributed by atoms with Gasteiger partial charge in [0.1, 0.15) is 34.5 Å². The van der Waals surface area contributed by atoms with Crippen molar-refractivity contribution < 1.29 is 29.0 Å². The molecule has 0 unspecified atom stereocenters. The Kier molecular flexibility index (Phi) is 6.75. The maximum atomic E-state index is 12.6. The van der Waals surface area contributed by atoms with E-state index < -0.39 is 23.2 Å². The van der Waals surface area contributed by atoms with Crippen LogP contribution in [0.3, 0.4) is 0 Å². The Labute approximate surface area is 191 Å². The molecule has 1 amide bonds. The van der Waals surface area contributed by atoms with E-state index in [0.717, 1.165) is 0 Å². The van der Waals surface area contributed by atoms with Gasteiger partial charge in [0.2, 0.25) is 0 Å². The zero-order valence-corrected chi connectivity index (χ0v) is 19.3. The Bertz CT molecular complexity index is 1150. The summed E-state index contributed by atoms with van der Waals surface area (Å²) in [6.07, 6.45) is -0.684. The maximum absolute atomic E-state index is 12.6. The second-order valence-electron chi connectivity index (χ2n) is 8.80. The number of aromatic hydroxyl groups is 1. The van der Waals surface area contributed by atoms with Crippen molar-refractivity contribution in [2.24, 2.45) is 0 Å². The second kappa shape index (κ2) is 9.35. The molecule has 33 heavy (non-hydrogen) atoms. The molecule has 10 nitrogen and oxygen atoms in total. The Morgan fingerprint density at radius 3 is 2.52 bits per heavy atom. The van der Waals surface area contributed by atoms with Gasteiger partial charge in [0.15, 0.2) is 0 Å². The third-order valence-corrected chi connectivity index (χ3v) is 4.81. The molecule has 0 saturated heterocycles. The van der Waals surface area contributed by atoms with E-state index in [1.807, 2.05) is 24.3 Å². The molecule has 0 radical (unpaired) electrons. The lowest BCUT2D eigenvalue weighted by Gasteiger charge is -2.30. The number of esters is 1. The Hall–Kier alpha value is -3.82. The van der Waals surface area contributed by atoms with Gasteiger partial charge in [-0.1, -0.05) is 23.0 Å². The molecule has 3 rings (SSSR count). The van der Waals surface area contributed by atoms with E-state index in [9.17, 15) is 14.7 Å². The maximum Gasteiger partial charge on any atom is 0.408 e. The molecule has 0 bridgehead atoms. The van der Waals surface area contributed by atoms with Gasteiger partial charge in [0.05, 0.1) is 7.11 Å². The lowest BCUT2D eigenvalue weighted by Crippen LogP contribution is -2.55. The fourth-order valence-electron chi connectivity index (χ4n) is 3.30. The third-order valence-electron chi connectivity index (χ3n) is 4.81. The molecular weight excluding hydrogens is 428 g/mol. The topological polar surface area (TPSA) is 125 Å². The fraction of sp³-hybridized carbons (Fsp3) is 0.391. The highest BCUT2D eigenvalue weighted by Crippen LogP contribution is 2.24. The van der Waals surface area contributed by atoms with Crippen LogP contribution in [0, 0.1) is 0 Å². The molecule has 0 aliphatic carbocycles. The number of phenols is 1. The van der Waals surface area contributed by atoms with Crippen molar-refractivity contribution in [1.82, 2.24) is 20.5 Å². The molecule has 0 spiro atoms. The minimum absolute atomic E-state index is 0.0284. The first-order valence-electron chi connectivity index (χ1n) is 10.3. The van der Waals surface area contributed by atoms with Gasteiger partial charge in [0.25, 0.3) is 0 Å². The van der Waals surface area contributed by atoms with Gasteiger partial charge in [-0.3, -0.25) is 0 Å². The number of methoxy groups -OCH3 is 1. The summed E-state index contributed by atoms with van der Waals surface area (Å²) in [5, 5.41) is 20.7. The minimum atomic E-state index is -1.43. The molecule has 3 aromatic rings. The summed E-state index contributed by atoms with van der Waals surface area (Å²) < 4.78 is 10.2. The molecule has 0 aliphatic rings. The lowest BCUT2D eigenvalue weighted by atomic mass is 9.90. The number of fused-ring (bicyclic) bond motifs is 1. The number of alkyl carbamates (subject to hydrolysis) is 1. The summed E-state index contributed by atoms with van der Waals surface area (Å²) in [6, 6.07) is 12.0. The molecular formula is C23H28N4O6. The number of hydrogen-bond acceptors (Lipinski definition) is 8. The van der Waals surface area contributed by atoms with Crippen molar-refractivity contribution in [3.05, 3.63) is 53.6 Å². The Morgan fingerprint density at radius 2 is 1.82 bits per heavy atom. The second-order valence-corrected chi connectivity index (χ2v) is 8.80. The number of phenolic OH excluding ortho intramolecular Hbond substituents is 1. The minimum Gasteiger partial charge on any atom is -0.508 e. The summed E-state index contributed by atoms with van der Waals surface area (Å²) in [5.41, 5.74) is 0.442. The van der Waals surface area contributed by atoms with Crippen LogP contribution in [0.2, 0.25) is 0 Å². The highest BCUT2D eigenvalue weighted by atomic mass is 16.7. The Morgan fingerprint density at radius 1 is 1.09 bits per heavy atom. The van der Waals surface area contributed by atoms with Gasteiger partial charge >= 0.3 is 12.1 Å². The zero-order chi connectivity index (χ0) is 24.2.